The summed E-state index contributed by atoms with van der Waals surface area (Å²) < 4.78 is 0.995. The Kier molecular flexibility index (Phi) is 5.24. The van der Waals surface area contributed by atoms with Gasteiger partial charge >= 0.3 is 0 Å². The zero-order valence-corrected chi connectivity index (χ0v) is 15.8. The number of hydrogen-bond donors (Lipinski definition) is 0. The van der Waals surface area contributed by atoms with Crippen LogP contribution in [0, 0.1) is 0 Å². The van der Waals surface area contributed by atoms with Crippen LogP contribution in [0.4, 0.5) is 5.69 Å². The van der Waals surface area contributed by atoms with Crippen LogP contribution in [0.2, 0.25) is 0 Å². The zero-order valence-electron chi connectivity index (χ0n) is 14.2. The molecule has 3 rings (SSSR count). The van der Waals surface area contributed by atoms with Crippen molar-refractivity contribution in [3.8, 4) is 0 Å². The van der Waals surface area contributed by atoms with Gasteiger partial charge in [-0.1, -0.05) is 48.0 Å². The Bertz CT molecular complexity index is 704. The molecule has 24 heavy (non-hydrogen) atoms. The molecule has 0 atom stereocenters. The second-order valence-corrected chi connectivity index (χ2v) is 7.42. The molecule has 1 aliphatic heterocycles. The van der Waals surface area contributed by atoms with Gasteiger partial charge in [0.05, 0.1) is 0 Å². The third kappa shape index (κ3) is 3.64. The number of para-hydroxylation sites is 1. The van der Waals surface area contributed by atoms with E-state index in [1.807, 2.05) is 29.2 Å². The van der Waals surface area contributed by atoms with Gasteiger partial charge in [-0.05, 0) is 41.8 Å². The van der Waals surface area contributed by atoms with Crippen molar-refractivity contribution in [1.82, 2.24) is 4.90 Å². The highest BCUT2D eigenvalue weighted by Crippen LogP contribution is 2.28. The third-order valence-corrected chi connectivity index (χ3v) is 5.09. The van der Waals surface area contributed by atoms with Crippen LogP contribution in [0.1, 0.15) is 35.7 Å². The molecule has 0 aliphatic carbocycles. The number of carbonyl (C=O) groups is 1. The van der Waals surface area contributed by atoms with Gasteiger partial charge in [0.25, 0.3) is 5.91 Å². The van der Waals surface area contributed by atoms with Gasteiger partial charge in [-0.3, -0.25) is 4.79 Å². The summed E-state index contributed by atoms with van der Waals surface area (Å²) in [6.07, 6.45) is 0. The lowest BCUT2D eigenvalue weighted by Crippen LogP contribution is -2.49. The topological polar surface area (TPSA) is 23.6 Å². The van der Waals surface area contributed by atoms with Crippen molar-refractivity contribution in [3.05, 3.63) is 64.1 Å². The van der Waals surface area contributed by atoms with E-state index < -0.39 is 0 Å². The summed E-state index contributed by atoms with van der Waals surface area (Å²) in [6.45, 7) is 7.75. The predicted molar refractivity (Wildman–Crippen MR) is 103 cm³/mol. The second-order valence-electron chi connectivity index (χ2n) is 6.50. The van der Waals surface area contributed by atoms with Crippen LogP contribution in [0.25, 0.3) is 0 Å². The maximum atomic E-state index is 12.6. The van der Waals surface area contributed by atoms with Gasteiger partial charge in [-0.2, -0.15) is 0 Å². The van der Waals surface area contributed by atoms with Crippen LogP contribution in [-0.4, -0.2) is 37.0 Å². The average Bonchev–Trinajstić information content (AvgIpc) is 2.62. The minimum absolute atomic E-state index is 0.124. The van der Waals surface area contributed by atoms with Crippen LogP contribution in [0.15, 0.2) is 53.0 Å². The molecule has 1 fully saturated rings. The highest BCUT2D eigenvalue weighted by atomic mass is 79.9. The first-order chi connectivity index (χ1) is 11.6. The van der Waals surface area contributed by atoms with Crippen molar-refractivity contribution >= 4 is 27.5 Å². The zero-order chi connectivity index (χ0) is 17.1. The number of anilines is 1. The lowest BCUT2D eigenvalue weighted by atomic mass is 10.00. The lowest BCUT2D eigenvalue weighted by Gasteiger charge is -2.37. The van der Waals surface area contributed by atoms with E-state index in [0.29, 0.717) is 5.92 Å². The maximum absolute atomic E-state index is 12.6. The molecule has 2 aromatic rings. The molecule has 4 heteroatoms. The van der Waals surface area contributed by atoms with Crippen molar-refractivity contribution in [2.45, 2.75) is 19.8 Å². The van der Waals surface area contributed by atoms with E-state index in [2.05, 4.69) is 58.9 Å². The molecule has 0 aromatic heterocycles. The monoisotopic (exact) mass is 386 g/mol. The molecule has 126 valence electrons. The Hall–Kier alpha value is -1.81. The Labute approximate surface area is 152 Å². The van der Waals surface area contributed by atoms with Crippen LogP contribution >= 0.6 is 15.9 Å². The van der Waals surface area contributed by atoms with E-state index in [1.165, 1.54) is 11.3 Å². The van der Waals surface area contributed by atoms with E-state index in [0.717, 1.165) is 36.2 Å². The van der Waals surface area contributed by atoms with E-state index in [4.69, 9.17) is 0 Å². The highest BCUT2D eigenvalue weighted by Gasteiger charge is 2.23. The maximum Gasteiger partial charge on any atom is 0.253 e. The fourth-order valence-electron chi connectivity index (χ4n) is 3.19. The van der Waals surface area contributed by atoms with E-state index in [-0.39, 0.29) is 5.91 Å². The van der Waals surface area contributed by atoms with Gasteiger partial charge in [-0.25, -0.2) is 0 Å². The number of halogens is 1. The Morgan fingerprint density at radius 2 is 1.58 bits per heavy atom. The number of carbonyl (C=O) groups excluding carboxylic acids is 1. The van der Waals surface area contributed by atoms with Gasteiger partial charge in [0.1, 0.15) is 0 Å². The van der Waals surface area contributed by atoms with Crippen molar-refractivity contribution in [2.24, 2.45) is 0 Å². The summed E-state index contributed by atoms with van der Waals surface area (Å²) in [5.74, 6) is 0.628. The summed E-state index contributed by atoms with van der Waals surface area (Å²) in [5, 5.41) is 0. The van der Waals surface area contributed by atoms with Crippen molar-refractivity contribution in [2.75, 3.05) is 31.1 Å². The average molecular weight is 387 g/mol. The normalized spacial score (nSPS) is 15.0. The molecule has 0 bridgehead atoms. The molecule has 0 radical (unpaired) electrons. The Morgan fingerprint density at radius 1 is 0.958 bits per heavy atom. The molecule has 0 saturated carbocycles. The number of piperazine rings is 1. The molecule has 0 unspecified atom stereocenters. The molecular weight excluding hydrogens is 364 g/mol. The molecule has 1 saturated heterocycles. The van der Waals surface area contributed by atoms with E-state index in [9.17, 15) is 4.79 Å². The standard InChI is InChI=1S/C20H23BrN2O/c1-15(2)18-5-3-4-6-19(18)22-11-13-23(14-12-22)20(24)16-7-9-17(21)10-8-16/h3-10,15H,11-14H2,1-2H3. The van der Waals surface area contributed by atoms with Crippen molar-refractivity contribution < 1.29 is 4.79 Å². The van der Waals surface area contributed by atoms with Crippen molar-refractivity contribution in [1.29, 1.82) is 0 Å². The minimum atomic E-state index is 0.124. The van der Waals surface area contributed by atoms with Gasteiger partial charge in [0.2, 0.25) is 0 Å². The van der Waals surface area contributed by atoms with Crippen LogP contribution < -0.4 is 4.90 Å². The number of rotatable bonds is 3. The fourth-order valence-corrected chi connectivity index (χ4v) is 3.45. The SMILES string of the molecule is CC(C)c1ccccc1N1CCN(C(=O)c2ccc(Br)cc2)CC1. The summed E-state index contributed by atoms with van der Waals surface area (Å²) in [4.78, 5) is 17.0. The number of amides is 1. The van der Waals surface area contributed by atoms with Gasteiger partial charge in [-0.15, -0.1) is 0 Å². The molecule has 0 N–H and O–H groups in total. The summed E-state index contributed by atoms with van der Waals surface area (Å²) in [5.41, 5.74) is 3.45. The molecule has 1 aliphatic rings. The van der Waals surface area contributed by atoms with Gasteiger partial charge in [0, 0.05) is 41.9 Å². The first-order valence-corrected chi connectivity index (χ1v) is 9.24. The first-order valence-electron chi connectivity index (χ1n) is 8.45. The molecule has 1 heterocycles. The highest BCUT2D eigenvalue weighted by molar-refractivity contribution is 9.10. The fraction of sp³-hybridized carbons (Fsp3) is 0.350. The molecule has 1 amide bonds. The van der Waals surface area contributed by atoms with Gasteiger partial charge < -0.3 is 9.80 Å². The smallest absolute Gasteiger partial charge is 0.253 e. The van der Waals surface area contributed by atoms with E-state index in [1.54, 1.807) is 0 Å². The Morgan fingerprint density at radius 3 is 2.21 bits per heavy atom. The summed E-state index contributed by atoms with van der Waals surface area (Å²) in [6, 6.07) is 16.2. The van der Waals surface area contributed by atoms with Crippen LogP contribution in [0.5, 0.6) is 0 Å². The predicted octanol–water partition coefficient (Wildman–Crippen LogP) is 4.53. The van der Waals surface area contributed by atoms with Crippen LogP contribution in [0.3, 0.4) is 0 Å². The van der Waals surface area contributed by atoms with E-state index >= 15 is 0 Å². The van der Waals surface area contributed by atoms with Gasteiger partial charge in [0.15, 0.2) is 0 Å². The summed E-state index contributed by atoms with van der Waals surface area (Å²) >= 11 is 3.41. The number of benzene rings is 2. The molecular formula is C20H23BrN2O. The van der Waals surface area contributed by atoms with Crippen LogP contribution in [-0.2, 0) is 0 Å². The first kappa shape index (κ1) is 17.0. The largest absolute Gasteiger partial charge is 0.368 e. The molecule has 3 nitrogen and oxygen atoms in total. The van der Waals surface area contributed by atoms with Crippen molar-refractivity contribution in [3.63, 3.8) is 0 Å². The quantitative estimate of drug-likeness (QED) is 0.772. The lowest BCUT2D eigenvalue weighted by molar-refractivity contribution is 0.0746. The Balaban J connectivity index is 1.68. The number of hydrogen-bond acceptors (Lipinski definition) is 2. The third-order valence-electron chi connectivity index (χ3n) is 4.56. The molecule has 2 aromatic carbocycles. The second kappa shape index (κ2) is 7.39. The summed E-state index contributed by atoms with van der Waals surface area (Å²) in [7, 11) is 0. The number of nitrogens with zero attached hydrogens (tertiary/aromatic N) is 2. The minimum Gasteiger partial charge on any atom is -0.368 e. The molecule has 0 spiro atoms.